The molecule has 2 rings (SSSR count). The van der Waals surface area contributed by atoms with Gasteiger partial charge in [-0.15, -0.1) is 0 Å². The van der Waals surface area contributed by atoms with Crippen molar-refractivity contribution in [1.29, 1.82) is 5.26 Å². The molecule has 7 heteroatoms. The summed E-state index contributed by atoms with van der Waals surface area (Å²) in [6.07, 6.45) is 0. The van der Waals surface area contributed by atoms with Gasteiger partial charge in [0.25, 0.3) is 0 Å². The van der Waals surface area contributed by atoms with Crippen molar-refractivity contribution in [3.8, 4) is 6.07 Å². The SMILES string of the molecule is CC1C(=O)N(C)CCN1S(=O)(=O)c1ccccc1C#N. The number of hydrogen-bond donors (Lipinski definition) is 0. The zero-order valence-electron chi connectivity index (χ0n) is 11.3. The van der Waals surface area contributed by atoms with E-state index in [2.05, 4.69) is 0 Å². The molecule has 1 aliphatic heterocycles. The molecule has 1 aromatic rings. The van der Waals surface area contributed by atoms with Gasteiger partial charge in [0.2, 0.25) is 15.9 Å². The summed E-state index contributed by atoms with van der Waals surface area (Å²) >= 11 is 0. The first kappa shape index (κ1) is 14.5. The molecule has 0 N–H and O–H groups in total. The van der Waals surface area contributed by atoms with Gasteiger partial charge in [0, 0.05) is 20.1 Å². The number of rotatable bonds is 2. The van der Waals surface area contributed by atoms with Crippen LogP contribution in [0.25, 0.3) is 0 Å². The van der Waals surface area contributed by atoms with Crippen LogP contribution < -0.4 is 0 Å². The van der Waals surface area contributed by atoms with Crippen molar-refractivity contribution in [3.05, 3.63) is 29.8 Å². The molecule has 6 nitrogen and oxygen atoms in total. The Morgan fingerprint density at radius 2 is 1.95 bits per heavy atom. The van der Waals surface area contributed by atoms with E-state index in [0.29, 0.717) is 6.54 Å². The van der Waals surface area contributed by atoms with Crippen LogP contribution in [0, 0.1) is 11.3 Å². The van der Waals surface area contributed by atoms with Crippen molar-refractivity contribution < 1.29 is 13.2 Å². The Kier molecular flexibility index (Phi) is 3.79. The molecule has 20 heavy (non-hydrogen) atoms. The largest absolute Gasteiger partial charge is 0.343 e. The van der Waals surface area contributed by atoms with E-state index in [1.807, 2.05) is 6.07 Å². The third kappa shape index (κ3) is 2.28. The Bertz CT molecular complexity index is 678. The molecule has 0 aromatic heterocycles. The lowest BCUT2D eigenvalue weighted by Crippen LogP contribution is -2.56. The number of carbonyl (C=O) groups excluding carboxylic acids is 1. The fourth-order valence-corrected chi connectivity index (χ4v) is 3.96. The van der Waals surface area contributed by atoms with Gasteiger partial charge < -0.3 is 4.90 Å². The van der Waals surface area contributed by atoms with Crippen LogP contribution in [-0.4, -0.2) is 49.7 Å². The molecule has 1 atom stereocenters. The molecule has 1 saturated heterocycles. The normalized spacial score (nSPS) is 20.8. The van der Waals surface area contributed by atoms with Crippen LogP contribution in [0.15, 0.2) is 29.2 Å². The maximum atomic E-state index is 12.6. The molecular formula is C13H15N3O3S. The zero-order valence-corrected chi connectivity index (χ0v) is 12.1. The first-order chi connectivity index (χ1) is 9.39. The molecule has 0 aliphatic carbocycles. The van der Waals surface area contributed by atoms with Crippen LogP contribution in [0.3, 0.4) is 0 Å². The number of carbonyl (C=O) groups is 1. The molecule has 0 radical (unpaired) electrons. The Hall–Kier alpha value is -1.91. The van der Waals surface area contributed by atoms with Crippen molar-refractivity contribution in [2.45, 2.75) is 17.9 Å². The number of nitrogens with zero attached hydrogens (tertiary/aromatic N) is 3. The molecule has 1 aliphatic rings. The molecule has 1 unspecified atom stereocenters. The number of sulfonamides is 1. The van der Waals surface area contributed by atoms with Gasteiger partial charge in [0.15, 0.2) is 0 Å². The van der Waals surface area contributed by atoms with Gasteiger partial charge in [0.05, 0.1) is 10.5 Å². The summed E-state index contributed by atoms with van der Waals surface area (Å²) in [5, 5.41) is 9.03. The van der Waals surface area contributed by atoms with E-state index in [1.165, 1.54) is 17.0 Å². The number of amides is 1. The van der Waals surface area contributed by atoms with E-state index >= 15 is 0 Å². The Labute approximate surface area is 118 Å². The van der Waals surface area contributed by atoms with Crippen molar-refractivity contribution >= 4 is 15.9 Å². The quantitative estimate of drug-likeness (QED) is 0.791. The van der Waals surface area contributed by atoms with Crippen molar-refractivity contribution in [2.75, 3.05) is 20.1 Å². The predicted molar refractivity (Wildman–Crippen MR) is 72.1 cm³/mol. The second kappa shape index (κ2) is 5.23. The second-order valence-electron chi connectivity index (χ2n) is 4.66. The summed E-state index contributed by atoms with van der Waals surface area (Å²) in [4.78, 5) is 13.4. The predicted octanol–water partition coefficient (Wildman–Crippen LogP) is 0.409. The van der Waals surface area contributed by atoms with Crippen LogP contribution in [0.4, 0.5) is 0 Å². The third-order valence-corrected chi connectivity index (χ3v) is 5.44. The molecule has 1 amide bonds. The van der Waals surface area contributed by atoms with Gasteiger partial charge in [-0.3, -0.25) is 4.79 Å². The van der Waals surface area contributed by atoms with E-state index in [4.69, 9.17) is 5.26 Å². The molecule has 0 spiro atoms. The fraction of sp³-hybridized carbons (Fsp3) is 0.385. The maximum absolute atomic E-state index is 12.6. The van der Waals surface area contributed by atoms with E-state index < -0.39 is 16.1 Å². The summed E-state index contributed by atoms with van der Waals surface area (Å²) in [6, 6.07) is 7.13. The smallest absolute Gasteiger partial charge is 0.245 e. The Morgan fingerprint density at radius 3 is 2.60 bits per heavy atom. The average Bonchev–Trinajstić information content (AvgIpc) is 2.44. The molecule has 0 saturated carbocycles. The molecule has 1 aromatic carbocycles. The summed E-state index contributed by atoms with van der Waals surface area (Å²) in [5.74, 6) is -0.241. The molecule has 1 heterocycles. The lowest BCUT2D eigenvalue weighted by Gasteiger charge is -2.36. The first-order valence-electron chi connectivity index (χ1n) is 6.15. The van der Waals surface area contributed by atoms with Gasteiger partial charge in [-0.25, -0.2) is 8.42 Å². The number of hydrogen-bond acceptors (Lipinski definition) is 4. The number of nitriles is 1. The van der Waals surface area contributed by atoms with Crippen molar-refractivity contribution in [3.63, 3.8) is 0 Å². The van der Waals surface area contributed by atoms with E-state index in [1.54, 1.807) is 26.1 Å². The van der Waals surface area contributed by atoms with Gasteiger partial charge >= 0.3 is 0 Å². The summed E-state index contributed by atoms with van der Waals surface area (Å²) in [7, 11) is -2.20. The highest BCUT2D eigenvalue weighted by Crippen LogP contribution is 2.23. The fourth-order valence-electron chi connectivity index (χ4n) is 2.23. The third-order valence-electron chi connectivity index (χ3n) is 3.42. The Morgan fingerprint density at radius 1 is 1.30 bits per heavy atom. The highest BCUT2D eigenvalue weighted by molar-refractivity contribution is 7.89. The monoisotopic (exact) mass is 293 g/mol. The average molecular weight is 293 g/mol. The van der Waals surface area contributed by atoms with E-state index in [-0.39, 0.29) is 22.9 Å². The topological polar surface area (TPSA) is 81.5 Å². The number of benzene rings is 1. The summed E-state index contributed by atoms with van der Waals surface area (Å²) in [6.45, 7) is 2.13. The Balaban J connectivity index is 2.46. The van der Waals surface area contributed by atoms with Gasteiger partial charge in [-0.2, -0.15) is 9.57 Å². The van der Waals surface area contributed by atoms with Crippen LogP contribution in [0.2, 0.25) is 0 Å². The minimum Gasteiger partial charge on any atom is -0.343 e. The molecule has 1 fully saturated rings. The molecule has 0 bridgehead atoms. The lowest BCUT2D eigenvalue weighted by molar-refractivity contribution is -0.136. The highest BCUT2D eigenvalue weighted by atomic mass is 32.2. The lowest BCUT2D eigenvalue weighted by atomic mass is 10.2. The van der Waals surface area contributed by atoms with Crippen LogP contribution in [0.5, 0.6) is 0 Å². The van der Waals surface area contributed by atoms with Gasteiger partial charge in [-0.05, 0) is 19.1 Å². The first-order valence-corrected chi connectivity index (χ1v) is 7.59. The minimum atomic E-state index is -3.85. The minimum absolute atomic E-state index is 0.0493. The van der Waals surface area contributed by atoms with Gasteiger partial charge in [-0.1, -0.05) is 12.1 Å². The van der Waals surface area contributed by atoms with Crippen LogP contribution in [-0.2, 0) is 14.8 Å². The van der Waals surface area contributed by atoms with Crippen LogP contribution >= 0.6 is 0 Å². The van der Waals surface area contributed by atoms with E-state index in [9.17, 15) is 13.2 Å². The van der Waals surface area contributed by atoms with Crippen LogP contribution in [0.1, 0.15) is 12.5 Å². The van der Waals surface area contributed by atoms with Crippen molar-refractivity contribution in [1.82, 2.24) is 9.21 Å². The molecular weight excluding hydrogens is 278 g/mol. The highest BCUT2D eigenvalue weighted by Gasteiger charge is 2.38. The number of likely N-dealkylation sites (N-methyl/N-ethyl adjacent to an activating group) is 1. The second-order valence-corrected chi connectivity index (χ2v) is 6.52. The molecule has 106 valence electrons. The summed E-state index contributed by atoms with van der Waals surface area (Å²) < 4.78 is 26.4. The number of piperazine rings is 1. The maximum Gasteiger partial charge on any atom is 0.245 e. The zero-order chi connectivity index (χ0) is 14.9. The van der Waals surface area contributed by atoms with Gasteiger partial charge in [0.1, 0.15) is 12.1 Å². The van der Waals surface area contributed by atoms with Crippen molar-refractivity contribution in [2.24, 2.45) is 0 Å². The van der Waals surface area contributed by atoms with E-state index in [0.717, 1.165) is 4.31 Å². The summed E-state index contributed by atoms with van der Waals surface area (Å²) in [5.41, 5.74) is 0.0890. The standard InChI is InChI=1S/C13H15N3O3S/c1-10-13(17)15(2)7-8-16(10)20(18,19)12-6-4-3-5-11(12)9-14/h3-6,10H,7-8H2,1-2H3.